The van der Waals surface area contributed by atoms with Crippen LogP contribution >= 0.6 is 30.3 Å². The second kappa shape index (κ2) is 14.4. The minimum absolute atomic E-state index is 0.551. The predicted molar refractivity (Wildman–Crippen MR) is 104 cm³/mol. The van der Waals surface area contributed by atoms with Crippen LogP contribution in [0.1, 0.15) is 41.5 Å². The molecule has 0 rings (SSSR count). The smallest absolute Gasteiger partial charge is 0.365 e. The summed E-state index contributed by atoms with van der Waals surface area (Å²) in [4.78, 5) is 0. The molecule has 0 unspecified atom stereocenters. The van der Waals surface area contributed by atoms with E-state index in [9.17, 15) is 0 Å². The third-order valence-corrected chi connectivity index (χ3v) is 18.9. The van der Waals surface area contributed by atoms with Gasteiger partial charge in [-0.2, -0.15) is 0 Å². The normalized spacial score (nSPS) is 12.8. The monoisotopic (exact) mass is 422 g/mol. The highest BCUT2D eigenvalue weighted by atomic mass is 33.6. The van der Waals surface area contributed by atoms with Crippen molar-refractivity contribution in [3.05, 3.63) is 0 Å². The summed E-state index contributed by atoms with van der Waals surface area (Å²) >= 11 is 0. The lowest BCUT2D eigenvalue weighted by Gasteiger charge is -2.29. The summed E-state index contributed by atoms with van der Waals surface area (Å²) in [5, 5.41) is 0. The average Bonchev–Trinajstić information content (AvgIpc) is 2.49. The summed E-state index contributed by atoms with van der Waals surface area (Å²) in [5.41, 5.74) is 0. The Bertz CT molecular complexity index is 231. The van der Waals surface area contributed by atoms with Crippen LogP contribution < -0.4 is 0 Å². The van der Waals surface area contributed by atoms with E-state index in [1.54, 1.807) is 0 Å². The topological polar surface area (TPSA) is 55.4 Å². The number of hydrogen-bond donors (Lipinski definition) is 0. The quantitative estimate of drug-likeness (QED) is 0.270. The first-order chi connectivity index (χ1) is 11.1. The first-order valence-electron chi connectivity index (χ1n) is 7.94. The van der Waals surface area contributed by atoms with Gasteiger partial charge in [0.1, 0.15) is 0 Å². The first kappa shape index (κ1) is 24.2. The highest BCUT2D eigenvalue weighted by molar-refractivity contribution is 9.18. The van der Waals surface area contributed by atoms with Gasteiger partial charge in [-0.25, -0.2) is 0 Å². The van der Waals surface area contributed by atoms with Crippen LogP contribution in [0.4, 0.5) is 0 Å². The van der Waals surface area contributed by atoms with Crippen molar-refractivity contribution in [3.8, 4) is 0 Å². The molecule has 0 atom stereocenters. The van der Waals surface area contributed by atoms with E-state index in [-0.39, 0.29) is 0 Å². The largest absolute Gasteiger partial charge is 0.584 e. The molecule has 0 N–H and O–H groups in total. The molecule has 0 aliphatic heterocycles. The van der Waals surface area contributed by atoms with Crippen LogP contribution in [-0.2, 0) is 26.6 Å². The van der Waals surface area contributed by atoms with Gasteiger partial charge in [0.25, 0.3) is 0 Å². The summed E-state index contributed by atoms with van der Waals surface area (Å²) in [6, 6.07) is 0. The first-order valence-corrected chi connectivity index (χ1v) is 16.3. The van der Waals surface area contributed by atoms with Crippen LogP contribution in [0.15, 0.2) is 0 Å². The van der Waals surface area contributed by atoms with Crippen molar-refractivity contribution in [1.29, 1.82) is 0 Å². The molecule has 0 aromatic carbocycles. The Hall–Kier alpha value is 1.24. The molecular weight excluding hydrogens is 392 g/mol. The Morgan fingerprint density at radius 1 is 0.478 bits per heavy atom. The molecule has 0 saturated carbocycles. The van der Waals surface area contributed by atoms with Gasteiger partial charge < -0.3 is 26.6 Å². The number of rotatable bonds is 16. The fourth-order valence-corrected chi connectivity index (χ4v) is 20.8. The zero-order valence-corrected chi connectivity index (χ0v) is 19.4. The van der Waals surface area contributed by atoms with Crippen LogP contribution in [0, 0.1) is 0 Å². The molecule has 140 valence electrons. The molecule has 0 spiro atoms. The lowest BCUT2D eigenvalue weighted by Crippen LogP contribution is -2.43. The molecule has 0 aliphatic carbocycles. The third-order valence-electron chi connectivity index (χ3n) is 2.20. The van der Waals surface area contributed by atoms with E-state index < -0.39 is 15.9 Å². The van der Waals surface area contributed by atoms with Crippen LogP contribution in [0.2, 0.25) is 0 Å². The number of hydrogen-bond acceptors (Lipinski definition) is 9. The molecule has 0 aliphatic rings. The third kappa shape index (κ3) is 9.49. The zero-order chi connectivity index (χ0) is 17.6. The summed E-state index contributed by atoms with van der Waals surface area (Å²) in [6.07, 6.45) is 0. The minimum Gasteiger partial charge on any atom is -0.365 e. The minimum atomic E-state index is -2.75. The van der Waals surface area contributed by atoms with Gasteiger partial charge in [0.15, 0.2) is 0 Å². The van der Waals surface area contributed by atoms with Gasteiger partial charge >= 0.3 is 15.9 Å². The maximum Gasteiger partial charge on any atom is 0.584 e. The molecule has 0 radical (unpaired) electrons. The maximum absolute atomic E-state index is 5.82. The van der Waals surface area contributed by atoms with E-state index in [0.29, 0.717) is 39.6 Å². The SMILES string of the molecule is CCO[Si](OCC)(OCC)SSS[Si](OCC)(OCC)OCC. The Balaban J connectivity index is 4.82. The second-order valence-corrected chi connectivity index (χ2v) is 16.7. The molecule has 0 aromatic rings. The van der Waals surface area contributed by atoms with E-state index in [4.69, 9.17) is 26.6 Å². The molecule has 0 saturated heterocycles. The van der Waals surface area contributed by atoms with E-state index in [1.807, 2.05) is 41.5 Å². The van der Waals surface area contributed by atoms with Crippen LogP contribution in [-0.4, -0.2) is 55.5 Å². The van der Waals surface area contributed by atoms with Crippen molar-refractivity contribution in [2.24, 2.45) is 0 Å². The molecule has 0 heterocycles. The summed E-state index contributed by atoms with van der Waals surface area (Å²) in [6.45, 7) is 15.0. The molecule has 0 amide bonds. The molecule has 11 heteroatoms. The van der Waals surface area contributed by atoms with Gasteiger partial charge in [0.05, 0.1) is 0 Å². The molecule has 0 aromatic heterocycles. The van der Waals surface area contributed by atoms with E-state index in [0.717, 1.165) is 0 Å². The van der Waals surface area contributed by atoms with E-state index in [2.05, 4.69) is 0 Å². The van der Waals surface area contributed by atoms with Crippen molar-refractivity contribution in [1.82, 2.24) is 0 Å². The van der Waals surface area contributed by atoms with Gasteiger partial charge in [-0.1, -0.05) is 0 Å². The Morgan fingerprint density at radius 2 is 0.696 bits per heavy atom. The molecular formula is C12H30O6S3Si2. The fraction of sp³-hybridized carbons (Fsp3) is 1.00. The van der Waals surface area contributed by atoms with Crippen LogP contribution in [0.5, 0.6) is 0 Å². The lowest BCUT2D eigenvalue weighted by molar-refractivity contribution is 0.0965. The van der Waals surface area contributed by atoms with E-state index >= 15 is 0 Å². The van der Waals surface area contributed by atoms with Crippen LogP contribution in [0.3, 0.4) is 0 Å². The van der Waals surface area contributed by atoms with Gasteiger partial charge in [-0.15, -0.1) is 0 Å². The summed E-state index contributed by atoms with van der Waals surface area (Å²) in [7, 11) is -0.998. The summed E-state index contributed by atoms with van der Waals surface area (Å²) in [5.74, 6) is 0. The maximum atomic E-state index is 5.82. The van der Waals surface area contributed by atoms with Crippen molar-refractivity contribution in [3.63, 3.8) is 0 Å². The Morgan fingerprint density at radius 3 is 0.870 bits per heavy atom. The van der Waals surface area contributed by atoms with Gasteiger partial charge in [0.2, 0.25) is 0 Å². The predicted octanol–water partition coefficient (Wildman–Crippen LogP) is 4.11. The van der Waals surface area contributed by atoms with Crippen molar-refractivity contribution < 1.29 is 26.6 Å². The lowest BCUT2D eigenvalue weighted by atomic mass is 10.9. The van der Waals surface area contributed by atoms with Crippen molar-refractivity contribution in [2.45, 2.75) is 41.5 Å². The average molecular weight is 423 g/mol. The van der Waals surface area contributed by atoms with E-state index in [1.165, 1.54) is 30.3 Å². The Kier molecular flexibility index (Phi) is 15.2. The summed E-state index contributed by atoms with van der Waals surface area (Å²) < 4.78 is 34.9. The van der Waals surface area contributed by atoms with Gasteiger partial charge in [-0.05, 0) is 71.9 Å². The standard InChI is InChI=1S/C12H30O6S3Si2/c1-7-13-22(14-8-2,15-9-3)20-19-21-23(16-10-4,17-11-5)18-12-6/h7-12H2,1-6H3. The second-order valence-electron chi connectivity index (χ2n) is 3.83. The zero-order valence-electron chi connectivity index (χ0n) is 14.9. The molecule has 0 fully saturated rings. The highest BCUT2D eigenvalue weighted by Gasteiger charge is 2.48. The molecule has 0 bridgehead atoms. The van der Waals surface area contributed by atoms with Crippen molar-refractivity contribution in [2.75, 3.05) is 39.6 Å². The highest BCUT2D eigenvalue weighted by Crippen LogP contribution is 2.47. The van der Waals surface area contributed by atoms with Crippen molar-refractivity contribution >= 4 is 46.2 Å². The van der Waals surface area contributed by atoms with Crippen LogP contribution in [0.25, 0.3) is 0 Å². The molecule has 23 heavy (non-hydrogen) atoms. The Labute approximate surface area is 153 Å². The van der Waals surface area contributed by atoms with Gasteiger partial charge in [-0.3, -0.25) is 0 Å². The van der Waals surface area contributed by atoms with Gasteiger partial charge in [0, 0.05) is 39.6 Å². The fourth-order valence-electron chi connectivity index (χ4n) is 1.56. The molecule has 6 nitrogen and oxygen atoms in total.